The minimum Gasteiger partial charge on any atom is -0.444 e. The number of para-hydroxylation sites is 1. The smallest absolute Gasteiger partial charge is 0.407 e. The molecule has 1 aromatic heterocycles. The summed E-state index contributed by atoms with van der Waals surface area (Å²) in [7, 11) is 0. The molecule has 4 rings (SSSR count). The molecule has 184 valence electrons. The van der Waals surface area contributed by atoms with E-state index in [1.165, 1.54) is 0 Å². The number of ether oxygens (including phenoxy) is 1. The van der Waals surface area contributed by atoms with Gasteiger partial charge in [-0.1, -0.05) is 48.5 Å². The standard InChI is InChI=1S/C29H35N3O3/c1-29(2,3)35-28(34)31-19-21-15-13-20(14-16-21)18-30-27(33)24-17-26(22-9-5-4-6-10-22)32-25-12-8-7-11-23(24)25/h4-12,17,20-21H,13-16,18-19H2,1-3H3,(H,30,33)(H,31,34). The van der Waals surface area contributed by atoms with Gasteiger partial charge >= 0.3 is 6.09 Å². The lowest BCUT2D eigenvalue weighted by Crippen LogP contribution is -2.37. The first-order valence-electron chi connectivity index (χ1n) is 12.5. The van der Waals surface area contributed by atoms with Gasteiger partial charge in [0.25, 0.3) is 5.91 Å². The Morgan fingerprint density at radius 3 is 2.14 bits per heavy atom. The van der Waals surface area contributed by atoms with E-state index in [1.54, 1.807) is 0 Å². The minimum absolute atomic E-state index is 0.0607. The number of fused-ring (bicyclic) bond motifs is 1. The lowest BCUT2D eigenvalue weighted by Gasteiger charge is -2.29. The van der Waals surface area contributed by atoms with Crippen molar-refractivity contribution in [2.45, 2.75) is 52.1 Å². The number of rotatable bonds is 6. The third-order valence-electron chi connectivity index (χ3n) is 6.48. The van der Waals surface area contributed by atoms with Crippen molar-refractivity contribution in [1.82, 2.24) is 15.6 Å². The second-order valence-corrected chi connectivity index (χ2v) is 10.4. The minimum atomic E-state index is -0.484. The molecule has 0 unspecified atom stereocenters. The van der Waals surface area contributed by atoms with Gasteiger partial charge < -0.3 is 15.4 Å². The summed E-state index contributed by atoms with van der Waals surface area (Å²) < 4.78 is 5.32. The molecule has 1 saturated carbocycles. The van der Waals surface area contributed by atoms with Gasteiger partial charge in [0, 0.05) is 24.0 Å². The number of benzene rings is 2. The van der Waals surface area contributed by atoms with Crippen molar-refractivity contribution in [3.8, 4) is 11.3 Å². The number of carbonyl (C=O) groups excluding carboxylic acids is 2. The predicted molar refractivity (Wildman–Crippen MR) is 139 cm³/mol. The number of alkyl carbamates (subject to hydrolysis) is 1. The lowest BCUT2D eigenvalue weighted by atomic mass is 9.82. The molecule has 1 aliphatic rings. The molecule has 1 heterocycles. The zero-order valence-electron chi connectivity index (χ0n) is 20.8. The van der Waals surface area contributed by atoms with Crippen molar-refractivity contribution < 1.29 is 14.3 Å². The first-order chi connectivity index (χ1) is 16.8. The largest absolute Gasteiger partial charge is 0.444 e. The number of hydrogen-bond acceptors (Lipinski definition) is 4. The highest BCUT2D eigenvalue weighted by Crippen LogP contribution is 2.29. The predicted octanol–water partition coefficient (Wildman–Crippen LogP) is 5.96. The van der Waals surface area contributed by atoms with E-state index in [1.807, 2.05) is 81.4 Å². The normalized spacial score (nSPS) is 18.1. The van der Waals surface area contributed by atoms with Crippen molar-refractivity contribution in [3.05, 3.63) is 66.2 Å². The fourth-order valence-electron chi connectivity index (χ4n) is 4.63. The molecular weight excluding hydrogens is 438 g/mol. The molecule has 6 nitrogen and oxygen atoms in total. The van der Waals surface area contributed by atoms with Crippen molar-refractivity contribution in [2.24, 2.45) is 11.8 Å². The molecule has 2 aromatic carbocycles. The lowest BCUT2D eigenvalue weighted by molar-refractivity contribution is 0.0512. The van der Waals surface area contributed by atoms with Crippen LogP contribution in [-0.2, 0) is 4.74 Å². The third-order valence-corrected chi connectivity index (χ3v) is 6.48. The number of hydrogen-bond donors (Lipinski definition) is 2. The zero-order valence-corrected chi connectivity index (χ0v) is 20.8. The summed E-state index contributed by atoms with van der Waals surface area (Å²) in [5, 5.41) is 6.93. The van der Waals surface area contributed by atoms with E-state index in [0.29, 0.717) is 30.5 Å². The van der Waals surface area contributed by atoms with Crippen molar-refractivity contribution in [1.29, 1.82) is 0 Å². The van der Waals surface area contributed by atoms with Crippen LogP contribution in [0.1, 0.15) is 56.8 Å². The monoisotopic (exact) mass is 473 g/mol. The molecule has 0 radical (unpaired) electrons. The summed E-state index contributed by atoms with van der Waals surface area (Å²) in [6.45, 7) is 6.89. The molecule has 0 atom stereocenters. The molecule has 2 amide bonds. The first-order valence-corrected chi connectivity index (χ1v) is 12.5. The van der Waals surface area contributed by atoms with E-state index < -0.39 is 5.60 Å². The van der Waals surface area contributed by atoms with Crippen LogP contribution in [0.25, 0.3) is 22.2 Å². The average Bonchev–Trinajstić information content (AvgIpc) is 2.85. The zero-order chi connectivity index (χ0) is 24.8. The number of amides is 2. The Balaban J connectivity index is 1.33. The summed E-state index contributed by atoms with van der Waals surface area (Å²) >= 11 is 0. The molecular formula is C29H35N3O3. The fraction of sp³-hybridized carbons (Fsp3) is 0.414. The van der Waals surface area contributed by atoms with Gasteiger partial charge in [0.05, 0.1) is 16.8 Å². The molecule has 2 N–H and O–H groups in total. The average molecular weight is 474 g/mol. The first kappa shape index (κ1) is 24.7. The molecule has 1 fully saturated rings. The van der Waals surface area contributed by atoms with Gasteiger partial charge in [-0.3, -0.25) is 4.79 Å². The Hall–Kier alpha value is -3.41. The van der Waals surface area contributed by atoms with Crippen LogP contribution in [-0.4, -0.2) is 35.7 Å². The topological polar surface area (TPSA) is 80.3 Å². The van der Waals surface area contributed by atoms with Gasteiger partial charge in [-0.25, -0.2) is 9.78 Å². The number of nitrogens with zero attached hydrogens (tertiary/aromatic N) is 1. The molecule has 0 saturated heterocycles. The van der Waals surface area contributed by atoms with E-state index in [-0.39, 0.29) is 12.0 Å². The second kappa shape index (κ2) is 10.9. The molecule has 1 aliphatic carbocycles. The van der Waals surface area contributed by atoms with Gasteiger partial charge in [-0.05, 0) is 70.4 Å². The van der Waals surface area contributed by atoms with Crippen LogP contribution in [0.15, 0.2) is 60.7 Å². The number of nitrogens with one attached hydrogen (secondary N) is 2. The second-order valence-electron chi connectivity index (χ2n) is 10.4. The summed E-state index contributed by atoms with van der Waals surface area (Å²) in [4.78, 5) is 29.9. The highest BCUT2D eigenvalue weighted by Gasteiger charge is 2.24. The fourth-order valence-corrected chi connectivity index (χ4v) is 4.63. The maximum Gasteiger partial charge on any atom is 0.407 e. The quantitative estimate of drug-likeness (QED) is 0.463. The summed E-state index contributed by atoms with van der Waals surface area (Å²) in [5.74, 6) is 0.833. The van der Waals surface area contributed by atoms with Crippen LogP contribution in [0.4, 0.5) is 4.79 Å². The van der Waals surface area contributed by atoms with Crippen molar-refractivity contribution in [3.63, 3.8) is 0 Å². The van der Waals surface area contributed by atoms with E-state index in [0.717, 1.165) is 47.8 Å². The summed E-state index contributed by atoms with van der Waals surface area (Å²) in [6, 6.07) is 19.6. The van der Waals surface area contributed by atoms with Gasteiger partial charge in [-0.15, -0.1) is 0 Å². The molecule has 0 aliphatic heterocycles. The van der Waals surface area contributed by atoms with Crippen LogP contribution in [0.3, 0.4) is 0 Å². The SMILES string of the molecule is CC(C)(C)OC(=O)NCC1CCC(CNC(=O)c2cc(-c3ccccc3)nc3ccccc23)CC1. The van der Waals surface area contributed by atoms with Gasteiger partial charge in [0.1, 0.15) is 5.60 Å². The van der Waals surface area contributed by atoms with E-state index in [4.69, 9.17) is 9.72 Å². The van der Waals surface area contributed by atoms with E-state index >= 15 is 0 Å². The summed E-state index contributed by atoms with van der Waals surface area (Å²) in [6.07, 6.45) is 3.78. The number of pyridine rings is 1. The Kier molecular flexibility index (Phi) is 7.69. The van der Waals surface area contributed by atoms with Crippen LogP contribution in [0, 0.1) is 11.8 Å². The Bertz CT molecular complexity index is 1160. The van der Waals surface area contributed by atoms with Gasteiger partial charge in [0.15, 0.2) is 0 Å². The highest BCUT2D eigenvalue weighted by molar-refractivity contribution is 6.07. The van der Waals surface area contributed by atoms with Crippen LogP contribution in [0.5, 0.6) is 0 Å². The molecule has 0 bridgehead atoms. The van der Waals surface area contributed by atoms with Crippen LogP contribution < -0.4 is 10.6 Å². The van der Waals surface area contributed by atoms with Gasteiger partial charge in [-0.2, -0.15) is 0 Å². The molecule has 0 spiro atoms. The molecule has 6 heteroatoms. The van der Waals surface area contributed by atoms with E-state index in [9.17, 15) is 9.59 Å². The number of aromatic nitrogens is 1. The van der Waals surface area contributed by atoms with Crippen LogP contribution in [0.2, 0.25) is 0 Å². The number of carbonyl (C=O) groups is 2. The maximum absolute atomic E-state index is 13.2. The van der Waals surface area contributed by atoms with Crippen LogP contribution >= 0.6 is 0 Å². The summed E-state index contributed by atoms with van der Waals surface area (Å²) in [5.41, 5.74) is 2.78. The third kappa shape index (κ3) is 6.81. The van der Waals surface area contributed by atoms with Gasteiger partial charge in [0.2, 0.25) is 0 Å². The van der Waals surface area contributed by atoms with E-state index in [2.05, 4.69) is 10.6 Å². The highest BCUT2D eigenvalue weighted by atomic mass is 16.6. The Morgan fingerprint density at radius 2 is 1.49 bits per heavy atom. The maximum atomic E-state index is 13.2. The Labute approximate surface area is 207 Å². The van der Waals surface area contributed by atoms with Crippen molar-refractivity contribution in [2.75, 3.05) is 13.1 Å². The molecule has 35 heavy (non-hydrogen) atoms. The molecule has 3 aromatic rings. The van der Waals surface area contributed by atoms with Crippen molar-refractivity contribution >= 4 is 22.9 Å². The Morgan fingerprint density at radius 1 is 0.886 bits per heavy atom.